The number of nitrogens with zero attached hydrogens (tertiary/aromatic N) is 2. The minimum Gasteiger partial charge on any atom is -0.390 e. The highest BCUT2D eigenvalue weighted by atomic mass is 16.3. The van der Waals surface area contributed by atoms with Crippen molar-refractivity contribution in [2.24, 2.45) is 0 Å². The molecule has 0 atom stereocenters. The van der Waals surface area contributed by atoms with Gasteiger partial charge in [-0.05, 0) is 6.42 Å². The van der Waals surface area contributed by atoms with Gasteiger partial charge in [0.2, 0.25) is 0 Å². The van der Waals surface area contributed by atoms with E-state index < -0.39 is 0 Å². The average Bonchev–Trinajstić information content (AvgIpc) is 2.76. The fraction of sp³-hybridized carbons (Fsp3) is 0.769. The Labute approximate surface area is 98.5 Å². The number of rotatable bonds is 9. The third-order valence-corrected chi connectivity index (χ3v) is 2.87. The Morgan fingerprint density at radius 3 is 2.44 bits per heavy atom. The maximum Gasteiger partial charge on any atom is 0.0950 e. The van der Waals surface area contributed by atoms with E-state index in [0.717, 1.165) is 12.2 Å². The maximum absolute atomic E-state index is 8.87. The molecule has 1 heterocycles. The van der Waals surface area contributed by atoms with Gasteiger partial charge >= 0.3 is 0 Å². The Balaban J connectivity index is 1.98. The first kappa shape index (κ1) is 13.2. The quantitative estimate of drug-likeness (QED) is 0.654. The molecule has 0 bridgehead atoms. The van der Waals surface area contributed by atoms with Crippen molar-refractivity contribution in [3.63, 3.8) is 0 Å². The van der Waals surface area contributed by atoms with Gasteiger partial charge in [0.05, 0.1) is 18.6 Å². The fourth-order valence-corrected chi connectivity index (χ4v) is 1.86. The number of imidazole rings is 1. The van der Waals surface area contributed by atoms with Crippen molar-refractivity contribution >= 4 is 0 Å². The zero-order valence-corrected chi connectivity index (χ0v) is 10.4. The first-order valence-electron chi connectivity index (χ1n) is 6.48. The van der Waals surface area contributed by atoms with Crippen molar-refractivity contribution in [1.29, 1.82) is 0 Å². The number of hydrogen-bond donors (Lipinski definition) is 1. The van der Waals surface area contributed by atoms with Crippen LogP contribution >= 0.6 is 0 Å². The summed E-state index contributed by atoms with van der Waals surface area (Å²) < 4.78 is 2.07. The van der Waals surface area contributed by atoms with Gasteiger partial charge < -0.3 is 9.67 Å². The molecule has 3 nitrogen and oxygen atoms in total. The van der Waals surface area contributed by atoms with Crippen molar-refractivity contribution in [2.45, 2.75) is 65.0 Å². The first-order chi connectivity index (χ1) is 7.86. The van der Waals surface area contributed by atoms with Crippen LogP contribution in [0, 0.1) is 0 Å². The minimum absolute atomic E-state index is 0.0457. The number of aromatic nitrogens is 2. The molecule has 1 aromatic heterocycles. The lowest BCUT2D eigenvalue weighted by Gasteiger charge is -2.02. The van der Waals surface area contributed by atoms with Crippen molar-refractivity contribution in [3.8, 4) is 0 Å². The average molecular weight is 224 g/mol. The summed E-state index contributed by atoms with van der Waals surface area (Å²) in [5, 5.41) is 8.87. The summed E-state index contributed by atoms with van der Waals surface area (Å²) in [6.45, 7) is 3.32. The Bertz CT molecular complexity index is 271. The van der Waals surface area contributed by atoms with Crippen molar-refractivity contribution < 1.29 is 5.11 Å². The third kappa shape index (κ3) is 5.31. The molecule has 0 aliphatic heterocycles. The standard InChI is InChI=1S/C13H24N2O/c1-2-3-4-5-6-7-8-9-15-10-13(11-16)14-12-15/h10,12,16H,2-9,11H2,1H3. The van der Waals surface area contributed by atoms with Gasteiger partial charge in [0.1, 0.15) is 0 Å². The van der Waals surface area contributed by atoms with Crippen LogP contribution < -0.4 is 0 Å². The van der Waals surface area contributed by atoms with E-state index in [1.807, 2.05) is 12.5 Å². The van der Waals surface area contributed by atoms with Crippen LogP contribution in [-0.4, -0.2) is 14.7 Å². The monoisotopic (exact) mass is 224 g/mol. The van der Waals surface area contributed by atoms with E-state index in [1.165, 1.54) is 44.9 Å². The van der Waals surface area contributed by atoms with Crippen LogP contribution in [0.3, 0.4) is 0 Å². The van der Waals surface area contributed by atoms with E-state index in [9.17, 15) is 0 Å². The lowest BCUT2D eigenvalue weighted by molar-refractivity contribution is 0.277. The number of aryl methyl sites for hydroxylation is 1. The van der Waals surface area contributed by atoms with E-state index in [-0.39, 0.29) is 6.61 Å². The smallest absolute Gasteiger partial charge is 0.0950 e. The second-order valence-corrected chi connectivity index (χ2v) is 4.38. The van der Waals surface area contributed by atoms with Crippen molar-refractivity contribution in [2.75, 3.05) is 0 Å². The first-order valence-corrected chi connectivity index (χ1v) is 6.48. The van der Waals surface area contributed by atoms with Crippen molar-refractivity contribution in [3.05, 3.63) is 18.2 Å². The number of hydrogen-bond acceptors (Lipinski definition) is 2. The molecule has 92 valence electrons. The molecular formula is C13H24N2O. The molecule has 0 aliphatic carbocycles. The molecule has 0 saturated carbocycles. The largest absolute Gasteiger partial charge is 0.390 e. The van der Waals surface area contributed by atoms with Gasteiger partial charge in [0, 0.05) is 12.7 Å². The van der Waals surface area contributed by atoms with Gasteiger partial charge in [-0.2, -0.15) is 0 Å². The molecule has 16 heavy (non-hydrogen) atoms. The van der Waals surface area contributed by atoms with Crippen LogP contribution in [0.2, 0.25) is 0 Å². The number of aliphatic hydroxyl groups is 1. The van der Waals surface area contributed by atoms with E-state index in [1.54, 1.807) is 0 Å². The molecule has 3 heteroatoms. The SMILES string of the molecule is CCCCCCCCCn1cnc(CO)c1. The molecule has 1 N–H and O–H groups in total. The van der Waals surface area contributed by atoms with Crippen LogP contribution in [0.15, 0.2) is 12.5 Å². The Morgan fingerprint density at radius 1 is 1.12 bits per heavy atom. The highest BCUT2D eigenvalue weighted by Crippen LogP contribution is 2.08. The summed E-state index contributed by atoms with van der Waals surface area (Å²) in [5.41, 5.74) is 0.767. The van der Waals surface area contributed by atoms with E-state index >= 15 is 0 Å². The predicted octanol–water partition coefficient (Wildman–Crippen LogP) is 3.13. The van der Waals surface area contributed by atoms with Gasteiger partial charge in [0.25, 0.3) is 0 Å². The van der Waals surface area contributed by atoms with Crippen LogP contribution in [0.5, 0.6) is 0 Å². The van der Waals surface area contributed by atoms with Gasteiger partial charge in [-0.15, -0.1) is 0 Å². The van der Waals surface area contributed by atoms with Crippen molar-refractivity contribution in [1.82, 2.24) is 9.55 Å². The summed E-state index contributed by atoms with van der Waals surface area (Å²) in [5.74, 6) is 0. The Hall–Kier alpha value is -0.830. The molecular weight excluding hydrogens is 200 g/mol. The molecule has 1 rings (SSSR count). The third-order valence-electron chi connectivity index (χ3n) is 2.87. The summed E-state index contributed by atoms with van der Waals surface area (Å²) in [7, 11) is 0. The van der Waals surface area contributed by atoms with Crippen LogP contribution in [0.4, 0.5) is 0 Å². The molecule has 0 spiro atoms. The molecule has 0 radical (unpaired) electrons. The van der Waals surface area contributed by atoms with Crippen LogP contribution in [0.1, 0.15) is 57.6 Å². The Morgan fingerprint density at radius 2 is 1.81 bits per heavy atom. The molecule has 0 saturated heterocycles. The van der Waals surface area contributed by atoms with Crippen LogP contribution in [0.25, 0.3) is 0 Å². The lowest BCUT2D eigenvalue weighted by Crippen LogP contribution is -1.94. The fourth-order valence-electron chi connectivity index (χ4n) is 1.86. The Kier molecular flexibility index (Phi) is 6.90. The predicted molar refractivity (Wildman–Crippen MR) is 66.1 cm³/mol. The topological polar surface area (TPSA) is 38.0 Å². The molecule has 0 aliphatic rings. The molecule has 0 fully saturated rings. The maximum atomic E-state index is 8.87. The zero-order valence-electron chi connectivity index (χ0n) is 10.4. The second-order valence-electron chi connectivity index (χ2n) is 4.38. The van der Waals surface area contributed by atoms with E-state index in [2.05, 4.69) is 16.5 Å². The van der Waals surface area contributed by atoms with E-state index in [4.69, 9.17) is 5.11 Å². The number of unbranched alkanes of at least 4 members (excludes halogenated alkanes) is 6. The van der Waals surface area contributed by atoms with Gasteiger partial charge in [-0.25, -0.2) is 4.98 Å². The second kappa shape index (κ2) is 8.34. The normalized spacial score (nSPS) is 10.9. The summed E-state index contributed by atoms with van der Waals surface area (Å²) >= 11 is 0. The van der Waals surface area contributed by atoms with Gasteiger partial charge in [-0.3, -0.25) is 0 Å². The zero-order chi connectivity index (χ0) is 11.6. The van der Waals surface area contributed by atoms with E-state index in [0.29, 0.717) is 0 Å². The summed E-state index contributed by atoms with van der Waals surface area (Å²) in [6.07, 6.45) is 13.1. The molecule has 0 unspecified atom stereocenters. The minimum atomic E-state index is 0.0457. The molecule has 0 aromatic carbocycles. The highest BCUT2D eigenvalue weighted by molar-refractivity contribution is 4.93. The number of aliphatic hydroxyl groups excluding tert-OH is 1. The summed E-state index contributed by atoms with van der Waals surface area (Å²) in [6, 6.07) is 0. The molecule has 1 aromatic rings. The highest BCUT2D eigenvalue weighted by Gasteiger charge is 1.96. The molecule has 0 amide bonds. The van der Waals surface area contributed by atoms with Gasteiger partial charge in [0.15, 0.2) is 0 Å². The van der Waals surface area contributed by atoms with Gasteiger partial charge in [-0.1, -0.05) is 45.4 Å². The lowest BCUT2D eigenvalue weighted by atomic mass is 10.1. The van der Waals surface area contributed by atoms with Crippen LogP contribution in [-0.2, 0) is 13.2 Å². The summed E-state index contributed by atoms with van der Waals surface area (Å²) in [4.78, 5) is 4.09.